The zero-order chi connectivity index (χ0) is 23.7. The van der Waals surface area contributed by atoms with Gasteiger partial charge in [-0.15, -0.1) is 5.10 Å². The molecule has 0 N–H and O–H groups in total. The lowest BCUT2D eigenvalue weighted by Gasteiger charge is -2.36. The molecule has 2 aliphatic rings. The zero-order valence-corrected chi connectivity index (χ0v) is 18.8. The average molecular weight is 465 g/mol. The third kappa shape index (κ3) is 4.43. The topological polar surface area (TPSA) is 83.8 Å². The van der Waals surface area contributed by atoms with E-state index in [1.54, 1.807) is 40.0 Å². The number of hydrogen-bond donors (Lipinski definition) is 0. The van der Waals surface area contributed by atoms with Crippen LogP contribution in [0.25, 0.3) is 0 Å². The molecule has 34 heavy (non-hydrogen) atoms. The van der Waals surface area contributed by atoms with Gasteiger partial charge in [0.15, 0.2) is 0 Å². The van der Waals surface area contributed by atoms with Gasteiger partial charge in [-0.3, -0.25) is 9.69 Å². The lowest BCUT2D eigenvalue weighted by Crippen LogP contribution is -2.49. The van der Waals surface area contributed by atoms with E-state index in [2.05, 4.69) is 10.3 Å². The highest BCUT2D eigenvalue weighted by Gasteiger charge is 2.33. The number of hydrogen-bond acceptors (Lipinski definition) is 6. The minimum Gasteiger partial charge on any atom is -0.442 e. The number of nitrogens with zero attached hydrogens (tertiary/aromatic N) is 6. The lowest BCUT2D eigenvalue weighted by atomic mass is 10.1. The molecule has 0 radical (unpaired) electrons. The average Bonchev–Trinajstić information content (AvgIpc) is 3.43. The van der Waals surface area contributed by atoms with Gasteiger partial charge >= 0.3 is 6.09 Å². The molecule has 2 amide bonds. The molecule has 1 atom stereocenters. The number of carbonyl (C=O) groups is 2. The van der Waals surface area contributed by atoms with Crippen LogP contribution in [0.4, 0.5) is 20.6 Å². The fourth-order valence-corrected chi connectivity index (χ4v) is 4.35. The second-order valence-electron chi connectivity index (χ2n) is 8.48. The zero-order valence-electron chi connectivity index (χ0n) is 18.8. The summed E-state index contributed by atoms with van der Waals surface area (Å²) in [5.41, 5.74) is 2.34. The Kier molecular flexibility index (Phi) is 5.87. The first kappa shape index (κ1) is 21.9. The minimum atomic E-state index is -0.512. The highest BCUT2D eigenvalue weighted by molar-refractivity contribution is 5.94. The lowest BCUT2D eigenvalue weighted by molar-refractivity contribution is 0.0746. The van der Waals surface area contributed by atoms with Crippen molar-refractivity contribution in [3.05, 3.63) is 71.8 Å². The smallest absolute Gasteiger partial charge is 0.414 e. The molecule has 10 heteroatoms. The summed E-state index contributed by atoms with van der Waals surface area (Å²) >= 11 is 0. The van der Waals surface area contributed by atoms with Crippen LogP contribution in [0, 0.1) is 12.7 Å². The third-order valence-electron chi connectivity index (χ3n) is 6.09. The van der Waals surface area contributed by atoms with Crippen LogP contribution in [0.2, 0.25) is 0 Å². The second-order valence-corrected chi connectivity index (χ2v) is 8.48. The van der Waals surface area contributed by atoms with Gasteiger partial charge in [0.1, 0.15) is 11.9 Å². The predicted octanol–water partition coefficient (Wildman–Crippen LogP) is 2.71. The molecule has 0 bridgehead atoms. The molecular formula is C24H25FN6O3. The molecule has 3 heterocycles. The van der Waals surface area contributed by atoms with E-state index in [4.69, 9.17) is 4.74 Å². The second kappa shape index (κ2) is 9.12. The van der Waals surface area contributed by atoms with Crippen LogP contribution in [-0.2, 0) is 11.3 Å². The number of anilines is 2. The number of piperazine rings is 1. The molecule has 5 rings (SSSR count). The van der Waals surface area contributed by atoms with Crippen molar-refractivity contribution < 1.29 is 18.7 Å². The number of benzene rings is 2. The number of rotatable bonds is 5. The van der Waals surface area contributed by atoms with Crippen molar-refractivity contribution in [3.8, 4) is 0 Å². The normalized spacial score (nSPS) is 18.4. The summed E-state index contributed by atoms with van der Waals surface area (Å²) in [7, 11) is 0. The summed E-state index contributed by atoms with van der Waals surface area (Å²) in [6.45, 7) is 4.60. The van der Waals surface area contributed by atoms with E-state index in [1.807, 2.05) is 30.0 Å². The van der Waals surface area contributed by atoms with Crippen LogP contribution in [0.15, 0.2) is 54.7 Å². The molecule has 9 nitrogen and oxygen atoms in total. The maximum absolute atomic E-state index is 15.1. The van der Waals surface area contributed by atoms with Gasteiger partial charge in [-0.25, -0.2) is 13.9 Å². The first-order chi connectivity index (χ1) is 16.5. The fraction of sp³-hybridized carbons (Fsp3) is 0.333. The molecule has 2 aromatic carbocycles. The summed E-state index contributed by atoms with van der Waals surface area (Å²) in [5.74, 6) is -0.428. The van der Waals surface area contributed by atoms with Crippen LogP contribution in [0.5, 0.6) is 0 Å². The van der Waals surface area contributed by atoms with E-state index in [0.29, 0.717) is 56.2 Å². The van der Waals surface area contributed by atoms with E-state index in [-0.39, 0.29) is 5.91 Å². The Labute approximate surface area is 196 Å². The molecule has 0 aliphatic carbocycles. The molecule has 3 aromatic rings. The van der Waals surface area contributed by atoms with Crippen LogP contribution < -0.4 is 9.80 Å². The first-order valence-corrected chi connectivity index (χ1v) is 11.2. The molecule has 2 fully saturated rings. The van der Waals surface area contributed by atoms with Gasteiger partial charge in [0.25, 0.3) is 5.91 Å². The van der Waals surface area contributed by atoms with Crippen LogP contribution in [-0.4, -0.2) is 70.7 Å². The van der Waals surface area contributed by atoms with Gasteiger partial charge in [0, 0.05) is 37.9 Å². The monoisotopic (exact) mass is 464 g/mol. The van der Waals surface area contributed by atoms with Crippen molar-refractivity contribution >= 4 is 23.4 Å². The molecular weight excluding hydrogens is 439 g/mol. The van der Waals surface area contributed by atoms with Gasteiger partial charge in [-0.05, 0) is 37.3 Å². The summed E-state index contributed by atoms with van der Waals surface area (Å²) in [4.78, 5) is 30.2. The molecule has 2 saturated heterocycles. The summed E-state index contributed by atoms with van der Waals surface area (Å²) in [5, 5.41) is 7.91. The molecule has 2 aliphatic heterocycles. The predicted molar refractivity (Wildman–Crippen MR) is 123 cm³/mol. The van der Waals surface area contributed by atoms with E-state index < -0.39 is 18.0 Å². The standard InChI is InChI=1S/C24H25FN6O3/c1-17-14-30(27-26-17)15-20-16-31(24(33)34-20)19-7-8-22(21(25)13-19)28-9-11-29(12-10-28)23(32)18-5-3-2-4-6-18/h2-8,13-14,20H,9-12,15-16H2,1H3/t20-/m0/s1. The van der Waals surface area contributed by atoms with E-state index in [9.17, 15) is 9.59 Å². The SMILES string of the molecule is Cc1cn(C[C@H]2CN(c3ccc(N4CCN(C(=O)c5ccccc5)CC4)c(F)c3)C(=O)O2)nn1. The van der Waals surface area contributed by atoms with Gasteiger partial charge in [0.2, 0.25) is 0 Å². The maximum Gasteiger partial charge on any atom is 0.414 e. The Hall–Kier alpha value is -3.95. The van der Waals surface area contributed by atoms with E-state index in [1.165, 1.54) is 11.0 Å². The largest absolute Gasteiger partial charge is 0.442 e. The number of ether oxygens (including phenoxy) is 1. The van der Waals surface area contributed by atoms with Gasteiger partial charge in [0.05, 0.1) is 30.2 Å². The van der Waals surface area contributed by atoms with Crippen LogP contribution >= 0.6 is 0 Å². The van der Waals surface area contributed by atoms with Crippen molar-refractivity contribution in [1.29, 1.82) is 0 Å². The number of aryl methyl sites for hydroxylation is 1. The Morgan fingerprint density at radius 1 is 1.12 bits per heavy atom. The minimum absolute atomic E-state index is 0.0146. The Morgan fingerprint density at radius 3 is 2.56 bits per heavy atom. The van der Waals surface area contributed by atoms with E-state index in [0.717, 1.165) is 5.69 Å². The Morgan fingerprint density at radius 2 is 1.88 bits per heavy atom. The Bertz CT molecular complexity index is 1190. The molecule has 0 spiro atoms. The number of cyclic esters (lactones) is 1. The van der Waals surface area contributed by atoms with Crippen molar-refractivity contribution in [1.82, 2.24) is 19.9 Å². The van der Waals surface area contributed by atoms with Gasteiger partial charge < -0.3 is 14.5 Å². The van der Waals surface area contributed by atoms with Gasteiger partial charge in [-0.2, -0.15) is 0 Å². The molecule has 176 valence electrons. The van der Waals surface area contributed by atoms with Gasteiger partial charge in [-0.1, -0.05) is 23.4 Å². The first-order valence-electron chi connectivity index (χ1n) is 11.2. The quantitative estimate of drug-likeness (QED) is 0.578. The Balaban J connectivity index is 1.21. The van der Waals surface area contributed by atoms with Crippen molar-refractivity contribution in [2.24, 2.45) is 0 Å². The third-order valence-corrected chi connectivity index (χ3v) is 6.09. The van der Waals surface area contributed by atoms with Crippen LogP contribution in [0.3, 0.4) is 0 Å². The summed E-state index contributed by atoms with van der Waals surface area (Å²) < 4.78 is 22.1. The highest BCUT2D eigenvalue weighted by atomic mass is 19.1. The molecule has 0 saturated carbocycles. The molecule has 0 unspecified atom stereocenters. The number of aromatic nitrogens is 3. The van der Waals surface area contributed by atoms with E-state index >= 15 is 4.39 Å². The maximum atomic E-state index is 15.1. The highest BCUT2D eigenvalue weighted by Crippen LogP contribution is 2.29. The summed E-state index contributed by atoms with van der Waals surface area (Å²) in [6.07, 6.45) is 0.867. The fourth-order valence-electron chi connectivity index (χ4n) is 4.35. The summed E-state index contributed by atoms with van der Waals surface area (Å²) in [6, 6.07) is 13.9. The number of halogens is 1. The van der Waals surface area contributed by atoms with Crippen molar-refractivity contribution in [2.75, 3.05) is 42.5 Å². The van der Waals surface area contributed by atoms with Crippen molar-refractivity contribution in [3.63, 3.8) is 0 Å². The van der Waals surface area contributed by atoms with Crippen molar-refractivity contribution in [2.45, 2.75) is 19.6 Å². The van der Waals surface area contributed by atoms with Crippen LogP contribution in [0.1, 0.15) is 16.1 Å². The molecule has 1 aromatic heterocycles. The number of carbonyl (C=O) groups excluding carboxylic acids is 2. The number of amides is 2.